The molecule has 1 N–H and O–H groups in total. The van der Waals surface area contributed by atoms with E-state index in [4.69, 9.17) is 16.3 Å². The molecule has 88 valence electrons. The second kappa shape index (κ2) is 5.55. The predicted molar refractivity (Wildman–Crippen MR) is 67.1 cm³/mol. The van der Waals surface area contributed by atoms with Gasteiger partial charge in [-0.05, 0) is 24.8 Å². The number of nitrogens with one attached hydrogen (secondary N) is 1. The maximum atomic E-state index is 6.22. The second-order valence-electron chi connectivity index (χ2n) is 4.30. The van der Waals surface area contributed by atoms with Crippen molar-refractivity contribution in [2.45, 2.75) is 24.8 Å². The standard InChI is InChI=1S/C13H18ClNO/c1-16-13-5-3-2-4-11(13)8-15-9-12(14)10-6-7-10/h2-5,10,12,15H,6-9H2,1H3. The molecule has 0 saturated heterocycles. The highest BCUT2D eigenvalue weighted by molar-refractivity contribution is 6.21. The van der Waals surface area contributed by atoms with Gasteiger partial charge in [-0.3, -0.25) is 0 Å². The monoisotopic (exact) mass is 239 g/mol. The number of rotatable bonds is 6. The summed E-state index contributed by atoms with van der Waals surface area (Å²) >= 11 is 6.22. The molecule has 1 atom stereocenters. The van der Waals surface area contributed by atoms with Gasteiger partial charge in [0.15, 0.2) is 0 Å². The zero-order valence-corrected chi connectivity index (χ0v) is 10.3. The van der Waals surface area contributed by atoms with Crippen LogP contribution in [0.3, 0.4) is 0 Å². The third kappa shape index (κ3) is 3.13. The van der Waals surface area contributed by atoms with Crippen LogP contribution in [0.4, 0.5) is 0 Å². The molecule has 1 saturated carbocycles. The van der Waals surface area contributed by atoms with Crippen LogP contribution in [0.1, 0.15) is 18.4 Å². The number of ether oxygens (including phenoxy) is 1. The van der Waals surface area contributed by atoms with Crippen molar-refractivity contribution in [3.8, 4) is 5.75 Å². The molecule has 16 heavy (non-hydrogen) atoms. The smallest absolute Gasteiger partial charge is 0.123 e. The summed E-state index contributed by atoms with van der Waals surface area (Å²) in [4.78, 5) is 0. The van der Waals surface area contributed by atoms with Crippen LogP contribution in [-0.4, -0.2) is 19.0 Å². The van der Waals surface area contributed by atoms with Gasteiger partial charge in [0.05, 0.1) is 7.11 Å². The van der Waals surface area contributed by atoms with Gasteiger partial charge in [0.25, 0.3) is 0 Å². The number of hydrogen-bond acceptors (Lipinski definition) is 2. The zero-order chi connectivity index (χ0) is 11.4. The number of methoxy groups -OCH3 is 1. The van der Waals surface area contributed by atoms with Gasteiger partial charge in [-0.25, -0.2) is 0 Å². The van der Waals surface area contributed by atoms with Gasteiger partial charge in [0, 0.05) is 24.0 Å². The third-order valence-electron chi connectivity index (χ3n) is 2.98. The molecule has 1 aliphatic carbocycles. The minimum Gasteiger partial charge on any atom is -0.496 e. The van der Waals surface area contributed by atoms with Crippen LogP contribution < -0.4 is 10.1 Å². The molecule has 1 aliphatic rings. The summed E-state index contributed by atoms with van der Waals surface area (Å²) in [6.45, 7) is 1.70. The molecule has 3 heteroatoms. The summed E-state index contributed by atoms with van der Waals surface area (Å²) in [5, 5.41) is 3.67. The van der Waals surface area contributed by atoms with Crippen molar-refractivity contribution in [1.29, 1.82) is 0 Å². The molecular weight excluding hydrogens is 222 g/mol. The molecule has 1 unspecified atom stereocenters. The van der Waals surface area contributed by atoms with Gasteiger partial charge in [0.1, 0.15) is 5.75 Å². The lowest BCUT2D eigenvalue weighted by Gasteiger charge is -2.11. The van der Waals surface area contributed by atoms with Crippen LogP contribution in [0.15, 0.2) is 24.3 Å². The Kier molecular flexibility index (Phi) is 4.08. The highest BCUT2D eigenvalue weighted by atomic mass is 35.5. The first-order chi connectivity index (χ1) is 7.81. The van der Waals surface area contributed by atoms with Crippen molar-refractivity contribution >= 4 is 11.6 Å². The molecule has 2 nitrogen and oxygen atoms in total. The van der Waals surface area contributed by atoms with Gasteiger partial charge in [-0.15, -0.1) is 11.6 Å². The fourth-order valence-electron chi connectivity index (χ4n) is 1.82. The first kappa shape index (κ1) is 11.7. The first-order valence-electron chi connectivity index (χ1n) is 5.78. The molecule has 0 aliphatic heterocycles. The Labute approximate surface area is 102 Å². The summed E-state index contributed by atoms with van der Waals surface area (Å²) in [5.74, 6) is 1.68. The predicted octanol–water partition coefficient (Wildman–Crippen LogP) is 2.80. The van der Waals surface area contributed by atoms with Gasteiger partial charge in [-0.1, -0.05) is 18.2 Å². The molecule has 1 aromatic carbocycles. The van der Waals surface area contributed by atoms with Crippen LogP contribution in [0, 0.1) is 5.92 Å². The van der Waals surface area contributed by atoms with E-state index in [1.807, 2.05) is 18.2 Å². The normalized spacial score (nSPS) is 17.1. The van der Waals surface area contributed by atoms with E-state index in [-0.39, 0.29) is 5.38 Å². The molecule has 0 heterocycles. The fraction of sp³-hybridized carbons (Fsp3) is 0.538. The molecule has 0 bridgehead atoms. The molecule has 0 amide bonds. The lowest BCUT2D eigenvalue weighted by Crippen LogP contribution is -2.24. The van der Waals surface area contributed by atoms with E-state index in [0.717, 1.165) is 24.8 Å². The highest BCUT2D eigenvalue weighted by Crippen LogP contribution is 2.35. The van der Waals surface area contributed by atoms with Crippen molar-refractivity contribution in [3.05, 3.63) is 29.8 Å². The molecular formula is C13H18ClNO. The fourth-order valence-corrected chi connectivity index (χ4v) is 2.18. The van der Waals surface area contributed by atoms with Crippen molar-refractivity contribution in [2.75, 3.05) is 13.7 Å². The largest absolute Gasteiger partial charge is 0.496 e. The Hall–Kier alpha value is -0.730. The van der Waals surface area contributed by atoms with Crippen molar-refractivity contribution in [1.82, 2.24) is 5.32 Å². The van der Waals surface area contributed by atoms with Gasteiger partial charge >= 0.3 is 0 Å². The van der Waals surface area contributed by atoms with E-state index in [9.17, 15) is 0 Å². The average Bonchev–Trinajstić information content (AvgIpc) is 3.13. The van der Waals surface area contributed by atoms with Crippen molar-refractivity contribution in [2.24, 2.45) is 5.92 Å². The van der Waals surface area contributed by atoms with Crippen LogP contribution >= 0.6 is 11.6 Å². The zero-order valence-electron chi connectivity index (χ0n) is 9.58. The van der Waals surface area contributed by atoms with Gasteiger partial charge in [0.2, 0.25) is 0 Å². The Balaban J connectivity index is 1.79. The highest BCUT2D eigenvalue weighted by Gasteiger charge is 2.29. The van der Waals surface area contributed by atoms with Crippen LogP contribution in [0.2, 0.25) is 0 Å². The Morgan fingerprint density at radius 1 is 1.44 bits per heavy atom. The maximum Gasteiger partial charge on any atom is 0.123 e. The van der Waals surface area contributed by atoms with E-state index < -0.39 is 0 Å². The third-order valence-corrected chi connectivity index (χ3v) is 3.49. The van der Waals surface area contributed by atoms with E-state index >= 15 is 0 Å². The Morgan fingerprint density at radius 2 is 2.19 bits per heavy atom. The quantitative estimate of drug-likeness (QED) is 0.771. The Morgan fingerprint density at radius 3 is 2.88 bits per heavy atom. The summed E-state index contributed by atoms with van der Waals surface area (Å²) in [6.07, 6.45) is 2.59. The Bertz CT molecular complexity index is 338. The number of benzene rings is 1. The van der Waals surface area contributed by atoms with Crippen LogP contribution in [0.25, 0.3) is 0 Å². The lowest BCUT2D eigenvalue weighted by molar-refractivity contribution is 0.407. The number of alkyl halides is 1. The van der Waals surface area contributed by atoms with Gasteiger partial charge < -0.3 is 10.1 Å². The maximum absolute atomic E-state index is 6.22. The summed E-state index contributed by atoms with van der Waals surface area (Å²) in [6, 6.07) is 8.07. The topological polar surface area (TPSA) is 21.3 Å². The molecule has 1 fully saturated rings. The van der Waals surface area contributed by atoms with E-state index in [1.54, 1.807) is 7.11 Å². The summed E-state index contributed by atoms with van der Waals surface area (Å²) in [5.41, 5.74) is 1.18. The van der Waals surface area contributed by atoms with Crippen LogP contribution in [0.5, 0.6) is 5.75 Å². The SMILES string of the molecule is COc1ccccc1CNCC(Cl)C1CC1. The first-order valence-corrected chi connectivity index (χ1v) is 6.21. The molecule has 2 rings (SSSR count). The average molecular weight is 240 g/mol. The van der Waals surface area contributed by atoms with Crippen molar-refractivity contribution in [3.63, 3.8) is 0 Å². The van der Waals surface area contributed by atoms with E-state index in [0.29, 0.717) is 0 Å². The lowest BCUT2D eigenvalue weighted by atomic mass is 10.2. The van der Waals surface area contributed by atoms with Gasteiger partial charge in [-0.2, -0.15) is 0 Å². The van der Waals surface area contributed by atoms with Crippen LogP contribution in [-0.2, 0) is 6.54 Å². The molecule has 1 aromatic rings. The van der Waals surface area contributed by atoms with E-state index in [2.05, 4.69) is 11.4 Å². The summed E-state index contributed by atoms with van der Waals surface area (Å²) in [7, 11) is 1.70. The minimum absolute atomic E-state index is 0.287. The summed E-state index contributed by atoms with van der Waals surface area (Å²) < 4.78 is 5.29. The number of para-hydroxylation sites is 1. The molecule has 0 radical (unpaired) electrons. The second-order valence-corrected chi connectivity index (χ2v) is 4.86. The minimum atomic E-state index is 0.287. The molecule has 0 aromatic heterocycles. The van der Waals surface area contributed by atoms with Crippen molar-refractivity contribution < 1.29 is 4.74 Å². The number of hydrogen-bond donors (Lipinski definition) is 1. The number of halogens is 1. The molecule has 0 spiro atoms. The van der Waals surface area contributed by atoms with E-state index in [1.165, 1.54) is 18.4 Å².